The molecule has 0 saturated heterocycles. The van der Waals surface area contributed by atoms with Crippen LogP contribution in [0.5, 0.6) is 0 Å². The molecule has 6 heteroatoms. The summed E-state index contributed by atoms with van der Waals surface area (Å²) in [5, 5.41) is 5.50. The van der Waals surface area contributed by atoms with E-state index in [1.807, 2.05) is 0 Å². The average Bonchev–Trinajstić information content (AvgIpc) is 2.79. The van der Waals surface area contributed by atoms with Gasteiger partial charge in [0.2, 0.25) is 5.91 Å². The van der Waals surface area contributed by atoms with Crippen molar-refractivity contribution in [3.63, 3.8) is 0 Å². The SMILES string of the molecule is C=C(Cl)CNC(=O)CCNC(=O)c1ccoc1. The third-order valence-electron chi connectivity index (χ3n) is 1.90. The van der Waals surface area contributed by atoms with Gasteiger partial charge in [-0.25, -0.2) is 0 Å². The van der Waals surface area contributed by atoms with E-state index < -0.39 is 0 Å². The van der Waals surface area contributed by atoms with Crippen LogP contribution in [-0.2, 0) is 4.79 Å². The number of rotatable bonds is 6. The van der Waals surface area contributed by atoms with E-state index in [0.29, 0.717) is 10.6 Å². The van der Waals surface area contributed by atoms with Crippen LogP contribution in [0.25, 0.3) is 0 Å². The van der Waals surface area contributed by atoms with Gasteiger partial charge in [-0.05, 0) is 6.07 Å². The zero-order valence-corrected chi connectivity index (χ0v) is 9.92. The minimum atomic E-state index is -0.270. The monoisotopic (exact) mass is 256 g/mol. The Morgan fingerprint density at radius 2 is 2.18 bits per heavy atom. The summed E-state index contributed by atoms with van der Waals surface area (Å²) in [6.07, 6.45) is 2.94. The highest BCUT2D eigenvalue weighted by atomic mass is 35.5. The first-order chi connectivity index (χ1) is 8.09. The topological polar surface area (TPSA) is 71.3 Å². The number of halogens is 1. The Morgan fingerprint density at radius 1 is 1.41 bits per heavy atom. The molecular weight excluding hydrogens is 244 g/mol. The van der Waals surface area contributed by atoms with Gasteiger partial charge in [0, 0.05) is 18.0 Å². The lowest BCUT2D eigenvalue weighted by atomic mass is 10.3. The number of nitrogens with one attached hydrogen (secondary N) is 2. The lowest BCUT2D eigenvalue weighted by Gasteiger charge is -2.04. The fourth-order valence-corrected chi connectivity index (χ4v) is 1.13. The van der Waals surface area contributed by atoms with Crippen LogP contribution in [0.15, 0.2) is 34.6 Å². The molecule has 1 rings (SSSR count). The number of carbonyl (C=O) groups excluding carboxylic acids is 2. The van der Waals surface area contributed by atoms with Crippen LogP contribution in [0, 0.1) is 0 Å². The minimum Gasteiger partial charge on any atom is -0.472 e. The van der Waals surface area contributed by atoms with Crippen molar-refractivity contribution in [3.8, 4) is 0 Å². The number of hydrogen-bond acceptors (Lipinski definition) is 3. The highest BCUT2D eigenvalue weighted by Gasteiger charge is 2.07. The second-order valence-corrected chi connectivity index (χ2v) is 3.85. The normalized spacial score (nSPS) is 9.71. The van der Waals surface area contributed by atoms with Crippen molar-refractivity contribution in [1.82, 2.24) is 10.6 Å². The first-order valence-electron chi connectivity index (χ1n) is 5.00. The van der Waals surface area contributed by atoms with Gasteiger partial charge in [0.25, 0.3) is 5.91 Å². The maximum absolute atomic E-state index is 11.4. The highest BCUT2D eigenvalue weighted by molar-refractivity contribution is 6.29. The van der Waals surface area contributed by atoms with Gasteiger partial charge >= 0.3 is 0 Å². The Hall–Kier alpha value is -1.75. The Morgan fingerprint density at radius 3 is 2.76 bits per heavy atom. The van der Waals surface area contributed by atoms with Crippen molar-refractivity contribution in [2.45, 2.75) is 6.42 Å². The van der Waals surface area contributed by atoms with Crippen molar-refractivity contribution in [2.24, 2.45) is 0 Å². The molecular formula is C11H13ClN2O3. The molecule has 17 heavy (non-hydrogen) atoms. The van der Waals surface area contributed by atoms with Crippen LogP contribution >= 0.6 is 11.6 Å². The Balaban J connectivity index is 2.17. The van der Waals surface area contributed by atoms with E-state index in [9.17, 15) is 9.59 Å². The molecule has 0 aliphatic rings. The van der Waals surface area contributed by atoms with E-state index >= 15 is 0 Å². The summed E-state index contributed by atoms with van der Waals surface area (Å²) in [5.41, 5.74) is 0.430. The highest BCUT2D eigenvalue weighted by Crippen LogP contribution is 1.98. The molecule has 0 unspecified atom stereocenters. The van der Waals surface area contributed by atoms with E-state index in [1.54, 1.807) is 6.07 Å². The van der Waals surface area contributed by atoms with Gasteiger partial charge in [-0.15, -0.1) is 0 Å². The summed E-state index contributed by atoms with van der Waals surface area (Å²) in [6, 6.07) is 1.55. The second kappa shape index (κ2) is 6.75. The molecule has 0 saturated carbocycles. The number of amides is 2. The first kappa shape index (κ1) is 13.3. The van der Waals surface area contributed by atoms with E-state index in [1.165, 1.54) is 12.5 Å². The molecule has 1 heterocycles. The van der Waals surface area contributed by atoms with Crippen molar-refractivity contribution in [1.29, 1.82) is 0 Å². The van der Waals surface area contributed by atoms with Crippen LogP contribution in [0.2, 0.25) is 0 Å². The zero-order chi connectivity index (χ0) is 12.7. The molecule has 0 bridgehead atoms. The van der Waals surface area contributed by atoms with Crippen LogP contribution in [0.4, 0.5) is 0 Å². The summed E-state index contributed by atoms with van der Waals surface area (Å²) in [7, 11) is 0. The van der Waals surface area contributed by atoms with Crippen LogP contribution in [-0.4, -0.2) is 24.9 Å². The van der Waals surface area contributed by atoms with Gasteiger partial charge in [-0.2, -0.15) is 0 Å². The first-order valence-corrected chi connectivity index (χ1v) is 5.38. The van der Waals surface area contributed by atoms with Crippen molar-refractivity contribution < 1.29 is 14.0 Å². The third-order valence-corrected chi connectivity index (χ3v) is 2.03. The molecule has 0 aliphatic heterocycles. The largest absolute Gasteiger partial charge is 0.472 e. The van der Waals surface area contributed by atoms with Crippen LogP contribution in [0.1, 0.15) is 16.8 Å². The fraction of sp³-hybridized carbons (Fsp3) is 0.273. The molecule has 0 radical (unpaired) electrons. The zero-order valence-electron chi connectivity index (χ0n) is 9.16. The summed E-state index contributed by atoms with van der Waals surface area (Å²) in [4.78, 5) is 22.7. The van der Waals surface area contributed by atoms with Crippen molar-refractivity contribution in [3.05, 3.63) is 35.8 Å². The lowest BCUT2D eigenvalue weighted by molar-refractivity contribution is -0.120. The predicted molar refractivity (Wildman–Crippen MR) is 63.7 cm³/mol. The van der Waals surface area contributed by atoms with Crippen molar-refractivity contribution >= 4 is 23.4 Å². The molecule has 0 fully saturated rings. The third kappa shape index (κ3) is 5.21. The quantitative estimate of drug-likeness (QED) is 0.805. The summed E-state index contributed by atoms with van der Waals surface area (Å²) < 4.78 is 4.76. The predicted octanol–water partition coefficient (Wildman–Crippen LogP) is 1.27. The van der Waals surface area contributed by atoms with Gasteiger partial charge in [-0.1, -0.05) is 18.2 Å². The van der Waals surface area contributed by atoms with Gasteiger partial charge in [0.15, 0.2) is 0 Å². The number of hydrogen-bond donors (Lipinski definition) is 2. The molecule has 92 valence electrons. The fourth-order valence-electron chi connectivity index (χ4n) is 1.07. The summed E-state index contributed by atoms with van der Waals surface area (Å²) >= 11 is 5.48. The number of carbonyl (C=O) groups is 2. The Kier molecular flexibility index (Phi) is 5.29. The van der Waals surface area contributed by atoms with Crippen LogP contribution in [0.3, 0.4) is 0 Å². The number of furan rings is 1. The second-order valence-electron chi connectivity index (χ2n) is 3.31. The maximum Gasteiger partial charge on any atom is 0.254 e. The molecule has 2 N–H and O–H groups in total. The standard InChI is InChI=1S/C11H13ClN2O3/c1-8(12)6-14-10(15)2-4-13-11(16)9-3-5-17-7-9/h3,5,7H,1-2,4,6H2,(H,13,16)(H,14,15). The molecule has 5 nitrogen and oxygen atoms in total. The molecule has 0 atom stereocenters. The Bertz CT molecular complexity index is 401. The molecule has 0 aromatic carbocycles. The molecule has 1 aromatic rings. The van der Waals surface area contributed by atoms with Gasteiger partial charge in [0.1, 0.15) is 6.26 Å². The lowest BCUT2D eigenvalue weighted by Crippen LogP contribution is -2.31. The van der Waals surface area contributed by atoms with E-state index in [4.69, 9.17) is 16.0 Å². The van der Waals surface area contributed by atoms with Gasteiger partial charge < -0.3 is 15.1 Å². The summed E-state index contributed by atoms with van der Waals surface area (Å²) in [5.74, 6) is -0.465. The van der Waals surface area contributed by atoms with Crippen molar-refractivity contribution in [2.75, 3.05) is 13.1 Å². The average molecular weight is 257 g/mol. The van der Waals surface area contributed by atoms with E-state index in [-0.39, 0.29) is 31.3 Å². The van der Waals surface area contributed by atoms with E-state index in [0.717, 1.165) is 0 Å². The molecule has 0 aliphatic carbocycles. The Labute approximate surface area is 104 Å². The summed E-state index contributed by atoms with van der Waals surface area (Å²) in [6.45, 7) is 3.93. The minimum absolute atomic E-state index is 0.188. The smallest absolute Gasteiger partial charge is 0.254 e. The molecule has 1 aromatic heterocycles. The van der Waals surface area contributed by atoms with Crippen LogP contribution < -0.4 is 10.6 Å². The maximum atomic E-state index is 11.4. The molecule has 0 spiro atoms. The van der Waals surface area contributed by atoms with Gasteiger partial charge in [0.05, 0.1) is 18.4 Å². The van der Waals surface area contributed by atoms with Gasteiger partial charge in [-0.3, -0.25) is 9.59 Å². The van der Waals surface area contributed by atoms with E-state index in [2.05, 4.69) is 17.2 Å². The molecule has 2 amide bonds.